The van der Waals surface area contributed by atoms with Crippen molar-refractivity contribution in [3.05, 3.63) is 58.3 Å². The van der Waals surface area contributed by atoms with Crippen LogP contribution >= 0.6 is 15.9 Å². The van der Waals surface area contributed by atoms with Gasteiger partial charge in [0.1, 0.15) is 18.0 Å². The van der Waals surface area contributed by atoms with Crippen molar-refractivity contribution < 1.29 is 18.7 Å². The van der Waals surface area contributed by atoms with Crippen molar-refractivity contribution in [3.8, 4) is 5.75 Å². The fourth-order valence-electron chi connectivity index (χ4n) is 2.19. The van der Waals surface area contributed by atoms with E-state index in [1.54, 1.807) is 6.07 Å². The Balaban J connectivity index is 1.89. The van der Waals surface area contributed by atoms with Gasteiger partial charge in [0.2, 0.25) is 11.8 Å². The molecule has 2 aromatic carbocycles. The average molecular weight is 450 g/mol. The highest BCUT2D eigenvalue weighted by molar-refractivity contribution is 9.10. The lowest BCUT2D eigenvalue weighted by Crippen LogP contribution is -2.25. The van der Waals surface area contributed by atoms with Gasteiger partial charge in [0.05, 0.1) is 18.5 Å². The third-order valence-electron chi connectivity index (χ3n) is 3.59. The van der Waals surface area contributed by atoms with E-state index in [0.717, 1.165) is 17.3 Å². The Hall–Kier alpha value is -2.74. The second-order valence-electron chi connectivity index (χ2n) is 5.88. The Labute approximate surface area is 171 Å². The van der Waals surface area contributed by atoms with Gasteiger partial charge in [0, 0.05) is 10.0 Å². The molecule has 2 amide bonds. The fraction of sp³-hybridized carbons (Fsp3) is 0.250. The minimum atomic E-state index is -0.635. The SMILES string of the molecule is CCCCOc1ccc(Br)cc1C=NNC(=O)CC(=O)Nc1ccccc1F. The molecule has 0 bridgehead atoms. The van der Waals surface area contributed by atoms with E-state index in [1.807, 2.05) is 18.2 Å². The predicted molar refractivity (Wildman–Crippen MR) is 110 cm³/mol. The van der Waals surface area contributed by atoms with Crippen LogP contribution < -0.4 is 15.5 Å². The molecule has 0 radical (unpaired) electrons. The zero-order valence-electron chi connectivity index (χ0n) is 15.4. The van der Waals surface area contributed by atoms with E-state index in [9.17, 15) is 14.0 Å². The van der Waals surface area contributed by atoms with E-state index in [2.05, 4.69) is 38.7 Å². The number of amides is 2. The van der Waals surface area contributed by atoms with E-state index >= 15 is 0 Å². The van der Waals surface area contributed by atoms with Crippen LogP contribution in [0.25, 0.3) is 0 Å². The number of carbonyl (C=O) groups excluding carboxylic acids is 2. The van der Waals surface area contributed by atoms with Crippen LogP contribution in [0.5, 0.6) is 5.75 Å². The van der Waals surface area contributed by atoms with Crippen molar-refractivity contribution in [2.45, 2.75) is 26.2 Å². The Morgan fingerprint density at radius 2 is 2.00 bits per heavy atom. The summed E-state index contributed by atoms with van der Waals surface area (Å²) in [5.74, 6) is -1.18. The first-order chi connectivity index (χ1) is 13.5. The van der Waals surface area contributed by atoms with Crippen LogP contribution in [0.15, 0.2) is 52.0 Å². The molecule has 2 aromatic rings. The van der Waals surface area contributed by atoms with Crippen LogP contribution in [-0.2, 0) is 9.59 Å². The number of hydrogen-bond donors (Lipinski definition) is 2. The Morgan fingerprint density at radius 1 is 1.21 bits per heavy atom. The number of anilines is 1. The van der Waals surface area contributed by atoms with Gasteiger partial charge >= 0.3 is 0 Å². The number of ether oxygens (including phenoxy) is 1. The van der Waals surface area contributed by atoms with Crippen molar-refractivity contribution in [2.75, 3.05) is 11.9 Å². The van der Waals surface area contributed by atoms with Crippen molar-refractivity contribution in [2.24, 2.45) is 5.10 Å². The molecule has 0 heterocycles. The molecule has 8 heteroatoms. The molecular weight excluding hydrogens is 429 g/mol. The number of hydrogen-bond acceptors (Lipinski definition) is 4. The van der Waals surface area contributed by atoms with E-state index < -0.39 is 24.1 Å². The first-order valence-corrected chi connectivity index (χ1v) is 9.57. The number of unbranched alkanes of at least 4 members (excludes halogenated alkanes) is 1. The minimum Gasteiger partial charge on any atom is -0.493 e. The summed E-state index contributed by atoms with van der Waals surface area (Å²) in [5.41, 5.74) is 2.98. The molecule has 0 aliphatic carbocycles. The van der Waals surface area contributed by atoms with Crippen molar-refractivity contribution in [1.29, 1.82) is 0 Å². The zero-order valence-corrected chi connectivity index (χ0v) is 17.0. The second kappa shape index (κ2) is 11.2. The van der Waals surface area contributed by atoms with Gasteiger partial charge in [0.25, 0.3) is 0 Å². The number of nitrogens with one attached hydrogen (secondary N) is 2. The Morgan fingerprint density at radius 3 is 2.75 bits per heavy atom. The van der Waals surface area contributed by atoms with Crippen LogP contribution in [0.3, 0.4) is 0 Å². The number of benzene rings is 2. The van der Waals surface area contributed by atoms with Gasteiger partial charge in [-0.25, -0.2) is 9.82 Å². The normalized spacial score (nSPS) is 10.7. The van der Waals surface area contributed by atoms with Gasteiger partial charge in [-0.3, -0.25) is 9.59 Å². The number of para-hydroxylation sites is 1. The third-order valence-corrected chi connectivity index (χ3v) is 4.08. The molecule has 148 valence electrons. The summed E-state index contributed by atoms with van der Waals surface area (Å²) in [7, 11) is 0. The van der Waals surface area contributed by atoms with Crippen LogP contribution in [0.2, 0.25) is 0 Å². The summed E-state index contributed by atoms with van der Waals surface area (Å²) in [5, 5.41) is 6.21. The number of nitrogens with zero attached hydrogens (tertiary/aromatic N) is 1. The minimum absolute atomic E-state index is 0.0202. The molecule has 0 spiro atoms. The lowest BCUT2D eigenvalue weighted by atomic mass is 10.2. The van der Waals surface area contributed by atoms with Crippen molar-refractivity contribution >= 4 is 39.6 Å². The third kappa shape index (κ3) is 7.11. The maximum absolute atomic E-state index is 13.5. The molecule has 0 aliphatic heterocycles. The first kappa shape index (κ1) is 21.6. The largest absolute Gasteiger partial charge is 0.493 e. The van der Waals surface area contributed by atoms with E-state index in [-0.39, 0.29) is 5.69 Å². The molecule has 2 rings (SSSR count). The lowest BCUT2D eigenvalue weighted by Gasteiger charge is -2.09. The van der Waals surface area contributed by atoms with E-state index in [0.29, 0.717) is 17.9 Å². The quantitative estimate of drug-likeness (QED) is 0.260. The molecule has 2 N–H and O–H groups in total. The molecule has 0 saturated carbocycles. The highest BCUT2D eigenvalue weighted by Gasteiger charge is 2.11. The molecule has 0 atom stereocenters. The van der Waals surface area contributed by atoms with E-state index in [4.69, 9.17) is 4.74 Å². The monoisotopic (exact) mass is 449 g/mol. The molecule has 0 aliphatic rings. The number of halogens is 2. The summed E-state index contributed by atoms with van der Waals surface area (Å²) < 4.78 is 20.1. The summed E-state index contributed by atoms with van der Waals surface area (Å²) in [6.45, 7) is 2.66. The molecule has 0 fully saturated rings. The summed E-state index contributed by atoms with van der Waals surface area (Å²) in [6, 6.07) is 11.2. The number of hydrazone groups is 1. The van der Waals surface area contributed by atoms with Gasteiger partial charge < -0.3 is 10.1 Å². The maximum atomic E-state index is 13.5. The van der Waals surface area contributed by atoms with Gasteiger partial charge in [-0.15, -0.1) is 0 Å². The molecule has 28 heavy (non-hydrogen) atoms. The summed E-state index contributed by atoms with van der Waals surface area (Å²) in [4.78, 5) is 23.7. The van der Waals surface area contributed by atoms with Crippen molar-refractivity contribution in [1.82, 2.24) is 5.43 Å². The van der Waals surface area contributed by atoms with Crippen LogP contribution in [0.1, 0.15) is 31.7 Å². The predicted octanol–water partition coefficient (Wildman–Crippen LogP) is 4.25. The van der Waals surface area contributed by atoms with Crippen LogP contribution in [0, 0.1) is 5.82 Å². The first-order valence-electron chi connectivity index (χ1n) is 8.78. The summed E-state index contributed by atoms with van der Waals surface area (Å²) in [6.07, 6.45) is 2.91. The average Bonchev–Trinajstić information content (AvgIpc) is 2.65. The molecule has 0 unspecified atom stereocenters. The summed E-state index contributed by atoms with van der Waals surface area (Å²) >= 11 is 3.38. The lowest BCUT2D eigenvalue weighted by molar-refractivity contribution is -0.126. The number of carbonyl (C=O) groups is 2. The van der Waals surface area contributed by atoms with E-state index in [1.165, 1.54) is 24.4 Å². The smallest absolute Gasteiger partial charge is 0.249 e. The second-order valence-corrected chi connectivity index (χ2v) is 6.80. The Kier molecular flexibility index (Phi) is 8.61. The van der Waals surface area contributed by atoms with Gasteiger partial charge in [-0.2, -0.15) is 5.10 Å². The highest BCUT2D eigenvalue weighted by atomic mass is 79.9. The molecular formula is C20H21BrFN3O3. The molecule has 6 nitrogen and oxygen atoms in total. The molecule has 0 saturated heterocycles. The zero-order chi connectivity index (χ0) is 20.4. The standard InChI is InChI=1S/C20H21BrFN3O3/c1-2-3-10-28-18-9-8-15(21)11-14(18)13-23-25-20(27)12-19(26)24-17-7-5-4-6-16(17)22/h4-9,11,13H,2-3,10,12H2,1H3,(H,24,26)(H,25,27). The van der Waals surface area contributed by atoms with Gasteiger partial charge in [-0.05, 0) is 36.8 Å². The number of rotatable bonds is 9. The van der Waals surface area contributed by atoms with Gasteiger partial charge in [-0.1, -0.05) is 41.4 Å². The van der Waals surface area contributed by atoms with Crippen LogP contribution in [0.4, 0.5) is 10.1 Å². The Bertz CT molecular complexity index is 858. The fourth-order valence-corrected chi connectivity index (χ4v) is 2.57. The van der Waals surface area contributed by atoms with Gasteiger partial charge in [0.15, 0.2) is 0 Å². The maximum Gasteiger partial charge on any atom is 0.249 e. The van der Waals surface area contributed by atoms with Crippen LogP contribution in [-0.4, -0.2) is 24.6 Å². The topological polar surface area (TPSA) is 79.8 Å². The van der Waals surface area contributed by atoms with Crippen molar-refractivity contribution in [3.63, 3.8) is 0 Å². The highest BCUT2D eigenvalue weighted by Crippen LogP contribution is 2.22. The molecule has 0 aromatic heterocycles.